The predicted molar refractivity (Wildman–Crippen MR) is 91.7 cm³/mol. The molecule has 2 aromatic carbocycles. The second kappa shape index (κ2) is 7.41. The van der Waals surface area contributed by atoms with Crippen molar-refractivity contribution >= 4 is 17.8 Å². The first-order chi connectivity index (χ1) is 10.7. The summed E-state index contributed by atoms with van der Waals surface area (Å²) >= 11 is 0. The normalized spacial score (nSPS) is 11.3. The van der Waals surface area contributed by atoms with Crippen LogP contribution >= 0.6 is 0 Å². The highest BCUT2D eigenvalue weighted by Crippen LogP contribution is 2.26. The Balaban J connectivity index is 2.38. The van der Waals surface area contributed by atoms with Crippen LogP contribution in [0.15, 0.2) is 47.6 Å². The minimum absolute atomic E-state index is 0.587. The van der Waals surface area contributed by atoms with Gasteiger partial charge in [-0.05, 0) is 53.8 Å². The molecule has 22 heavy (non-hydrogen) atoms. The molecule has 0 aromatic heterocycles. The molecule has 0 atom stereocenters. The van der Waals surface area contributed by atoms with Gasteiger partial charge >= 0.3 is 0 Å². The van der Waals surface area contributed by atoms with Crippen molar-refractivity contribution in [2.45, 2.75) is 26.7 Å². The number of rotatable bonds is 6. The standard InChI is InChI=1S/C18H21N3O/c1-3-5-18(21-20-12-22)15-8-9-17(13(2)10-15)14-6-4-7-16(19)11-14/h4,6-12H,3,5,19H2,1-2H3,(H,20,22)/b21-18+. The zero-order valence-electron chi connectivity index (χ0n) is 13.0. The zero-order valence-corrected chi connectivity index (χ0v) is 13.0. The molecule has 0 spiro atoms. The lowest BCUT2D eigenvalue weighted by Crippen LogP contribution is -2.09. The maximum Gasteiger partial charge on any atom is 0.227 e. The third-order valence-electron chi connectivity index (χ3n) is 3.50. The summed E-state index contributed by atoms with van der Waals surface area (Å²) in [5.41, 5.74) is 14.3. The van der Waals surface area contributed by atoms with Crippen LogP contribution in [-0.2, 0) is 4.79 Å². The highest BCUT2D eigenvalue weighted by atomic mass is 16.1. The van der Waals surface area contributed by atoms with Gasteiger partial charge in [0.05, 0.1) is 5.71 Å². The quantitative estimate of drug-likeness (QED) is 0.371. The number of aryl methyl sites for hydroxylation is 1. The zero-order chi connectivity index (χ0) is 15.9. The smallest absolute Gasteiger partial charge is 0.227 e. The number of hydrogen-bond acceptors (Lipinski definition) is 3. The molecule has 114 valence electrons. The van der Waals surface area contributed by atoms with Gasteiger partial charge in [-0.2, -0.15) is 5.10 Å². The van der Waals surface area contributed by atoms with Gasteiger partial charge in [-0.3, -0.25) is 4.79 Å². The molecular formula is C18H21N3O. The topological polar surface area (TPSA) is 67.5 Å². The fourth-order valence-corrected chi connectivity index (χ4v) is 2.48. The average molecular weight is 295 g/mol. The molecule has 0 aliphatic heterocycles. The van der Waals surface area contributed by atoms with Gasteiger partial charge in [0.1, 0.15) is 0 Å². The van der Waals surface area contributed by atoms with E-state index >= 15 is 0 Å². The molecule has 1 amide bonds. The van der Waals surface area contributed by atoms with Gasteiger partial charge in [0.2, 0.25) is 6.41 Å². The molecule has 3 N–H and O–H groups in total. The number of carbonyl (C=O) groups excluding carboxylic acids is 1. The van der Waals surface area contributed by atoms with Gasteiger partial charge < -0.3 is 5.73 Å². The summed E-state index contributed by atoms with van der Waals surface area (Å²) in [6.07, 6.45) is 2.37. The molecule has 0 radical (unpaired) electrons. The Hall–Kier alpha value is -2.62. The molecule has 0 aliphatic rings. The van der Waals surface area contributed by atoms with E-state index in [-0.39, 0.29) is 0 Å². The number of nitrogens with one attached hydrogen (secondary N) is 1. The molecule has 0 saturated carbocycles. The Labute approximate surface area is 131 Å². The molecule has 4 nitrogen and oxygen atoms in total. The number of amides is 1. The molecule has 2 aromatic rings. The van der Waals surface area contributed by atoms with E-state index in [4.69, 9.17) is 5.73 Å². The van der Waals surface area contributed by atoms with Crippen LogP contribution in [0.1, 0.15) is 30.9 Å². The Morgan fingerprint density at radius 3 is 2.73 bits per heavy atom. The van der Waals surface area contributed by atoms with E-state index in [9.17, 15) is 4.79 Å². The summed E-state index contributed by atoms with van der Waals surface area (Å²) in [7, 11) is 0. The lowest BCUT2D eigenvalue weighted by atomic mass is 9.95. The third-order valence-corrected chi connectivity index (χ3v) is 3.50. The van der Waals surface area contributed by atoms with Gasteiger partial charge in [-0.25, -0.2) is 5.43 Å². The monoisotopic (exact) mass is 295 g/mol. The summed E-state index contributed by atoms with van der Waals surface area (Å²) in [5, 5.41) is 4.14. The molecular weight excluding hydrogens is 274 g/mol. The van der Waals surface area contributed by atoms with E-state index in [0.717, 1.165) is 46.5 Å². The van der Waals surface area contributed by atoms with Gasteiger partial charge in [-0.15, -0.1) is 0 Å². The van der Waals surface area contributed by atoms with E-state index in [0.29, 0.717) is 6.41 Å². The molecule has 0 heterocycles. The SMILES string of the molecule is CCC/C(=N\NC=O)c1ccc(-c2cccc(N)c2)c(C)c1. The Kier molecular flexibility index (Phi) is 5.31. The van der Waals surface area contributed by atoms with Crippen LogP contribution < -0.4 is 11.2 Å². The van der Waals surface area contributed by atoms with Gasteiger partial charge in [0.25, 0.3) is 0 Å². The summed E-state index contributed by atoms with van der Waals surface area (Å²) in [6.45, 7) is 4.16. The first kappa shape index (κ1) is 15.8. The van der Waals surface area contributed by atoms with Crippen LogP contribution in [0.25, 0.3) is 11.1 Å². The van der Waals surface area contributed by atoms with Crippen molar-refractivity contribution in [1.29, 1.82) is 0 Å². The molecule has 0 bridgehead atoms. The van der Waals surface area contributed by atoms with Crippen molar-refractivity contribution in [2.75, 3.05) is 5.73 Å². The summed E-state index contributed by atoms with van der Waals surface area (Å²) in [5.74, 6) is 0. The maximum atomic E-state index is 10.5. The van der Waals surface area contributed by atoms with E-state index < -0.39 is 0 Å². The number of nitrogens with two attached hydrogens (primary N) is 1. The number of carbonyl (C=O) groups is 1. The van der Waals surface area contributed by atoms with Crippen LogP contribution in [0.2, 0.25) is 0 Å². The Morgan fingerprint density at radius 2 is 2.09 bits per heavy atom. The van der Waals surface area contributed by atoms with Crippen LogP contribution in [-0.4, -0.2) is 12.1 Å². The highest BCUT2D eigenvalue weighted by molar-refractivity contribution is 6.01. The van der Waals surface area contributed by atoms with Crippen molar-refractivity contribution in [2.24, 2.45) is 5.10 Å². The second-order valence-corrected chi connectivity index (χ2v) is 5.21. The Bertz CT molecular complexity index is 692. The minimum atomic E-state index is 0.587. The first-order valence-electron chi connectivity index (χ1n) is 7.38. The fourth-order valence-electron chi connectivity index (χ4n) is 2.48. The van der Waals surface area contributed by atoms with Crippen LogP contribution in [0.3, 0.4) is 0 Å². The van der Waals surface area contributed by atoms with Crippen molar-refractivity contribution < 1.29 is 4.79 Å². The van der Waals surface area contributed by atoms with Crippen LogP contribution in [0, 0.1) is 6.92 Å². The fraction of sp³-hybridized carbons (Fsp3) is 0.222. The van der Waals surface area contributed by atoms with Gasteiger partial charge in [0.15, 0.2) is 0 Å². The highest BCUT2D eigenvalue weighted by Gasteiger charge is 2.07. The molecule has 4 heteroatoms. The predicted octanol–water partition coefficient (Wildman–Crippen LogP) is 3.49. The number of nitrogens with zero attached hydrogens (tertiary/aromatic N) is 1. The second-order valence-electron chi connectivity index (χ2n) is 5.21. The Morgan fingerprint density at radius 1 is 1.27 bits per heavy atom. The number of hydrazone groups is 1. The number of nitrogen functional groups attached to an aromatic ring is 1. The van der Waals surface area contributed by atoms with E-state index in [2.05, 4.69) is 36.5 Å². The number of benzene rings is 2. The summed E-state index contributed by atoms with van der Waals surface area (Å²) in [6, 6.07) is 14.1. The third kappa shape index (κ3) is 3.73. The lowest BCUT2D eigenvalue weighted by molar-refractivity contribution is -0.109. The molecule has 0 unspecified atom stereocenters. The molecule has 2 rings (SSSR count). The first-order valence-corrected chi connectivity index (χ1v) is 7.38. The van der Waals surface area contributed by atoms with Crippen molar-refractivity contribution in [3.63, 3.8) is 0 Å². The lowest BCUT2D eigenvalue weighted by Gasteiger charge is -2.11. The maximum absolute atomic E-state index is 10.5. The van der Waals surface area contributed by atoms with Crippen molar-refractivity contribution in [3.05, 3.63) is 53.6 Å². The van der Waals surface area contributed by atoms with Gasteiger partial charge in [-0.1, -0.05) is 37.6 Å². The van der Waals surface area contributed by atoms with Crippen LogP contribution in [0.5, 0.6) is 0 Å². The minimum Gasteiger partial charge on any atom is -0.399 e. The van der Waals surface area contributed by atoms with Crippen molar-refractivity contribution in [1.82, 2.24) is 5.43 Å². The van der Waals surface area contributed by atoms with E-state index in [1.165, 1.54) is 0 Å². The molecule has 0 saturated heterocycles. The summed E-state index contributed by atoms with van der Waals surface area (Å²) < 4.78 is 0. The van der Waals surface area contributed by atoms with E-state index in [1.54, 1.807) is 0 Å². The van der Waals surface area contributed by atoms with Crippen LogP contribution in [0.4, 0.5) is 5.69 Å². The average Bonchev–Trinajstić information content (AvgIpc) is 2.51. The molecule has 0 aliphatic carbocycles. The van der Waals surface area contributed by atoms with E-state index in [1.807, 2.05) is 30.3 Å². The van der Waals surface area contributed by atoms with Gasteiger partial charge in [0, 0.05) is 5.69 Å². The largest absolute Gasteiger partial charge is 0.399 e. The molecule has 0 fully saturated rings. The summed E-state index contributed by atoms with van der Waals surface area (Å²) in [4.78, 5) is 10.5. The van der Waals surface area contributed by atoms with Crippen molar-refractivity contribution in [3.8, 4) is 11.1 Å². The number of anilines is 1. The number of hydrogen-bond donors (Lipinski definition) is 2.